The van der Waals surface area contributed by atoms with E-state index in [1.54, 1.807) is 43.5 Å². The molecule has 1 aliphatic rings. The van der Waals surface area contributed by atoms with Gasteiger partial charge in [-0.25, -0.2) is 0 Å². The molecule has 2 aromatic rings. The van der Waals surface area contributed by atoms with E-state index in [4.69, 9.17) is 21.1 Å². The number of aryl methyl sites for hydroxylation is 1. The van der Waals surface area contributed by atoms with E-state index < -0.39 is 0 Å². The Hall–Kier alpha value is -2.83. The Kier molecular flexibility index (Phi) is 7.13. The summed E-state index contributed by atoms with van der Waals surface area (Å²) in [4.78, 5) is 27.6. The molecule has 1 N–H and O–H groups in total. The van der Waals surface area contributed by atoms with Gasteiger partial charge in [-0.05, 0) is 55.7 Å². The second kappa shape index (κ2) is 9.78. The Morgan fingerprint density at radius 2 is 1.80 bits per heavy atom. The summed E-state index contributed by atoms with van der Waals surface area (Å²) in [6, 6.07) is 12.5. The third-order valence-corrected chi connectivity index (χ3v) is 5.05. The van der Waals surface area contributed by atoms with Gasteiger partial charge in [0, 0.05) is 31.0 Å². The Bertz CT molecular complexity index is 970. The van der Waals surface area contributed by atoms with Crippen molar-refractivity contribution >= 4 is 34.7 Å². The predicted octanol–water partition coefficient (Wildman–Crippen LogP) is 4.28. The second-order valence-electron chi connectivity index (χ2n) is 6.90. The lowest BCUT2D eigenvalue weighted by Gasteiger charge is -2.15. The molecule has 6 nitrogen and oxygen atoms in total. The quantitative estimate of drug-likeness (QED) is 0.477. The standard InChI is InChI=1S/C23H25ClN2O4/c1-4-30-18-10-7-16(8-11-18)20-21(25-19-14-17(24)9-6-15(19)2)23(28)26(22(20)27)12-5-13-29-3/h6-11,14,25H,4-5,12-13H2,1-3H3. The van der Waals surface area contributed by atoms with Gasteiger partial charge in [-0.1, -0.05) is 29.8 Å². The first-order valence-corrected chi connectivity index (χ1v) is 10.2. The summed E-state index contributed by atoms with van der Waals surface area (Å²) in [5, 5.41) is 3.70. The molecule has 0 unspecified atom stereocenters. The number of nitrogens with one attached hydrogen (secondary N) is 1. The van der Waals surface area contributed by atoms with Crippen LogP contribution in [0.1, 0.15) is 24.5 Å². The lowest BCUT2D eigenvalue weighted by molar-refractivity contribution is -0.136. The van der Waals surface area contributed by atoms with E-state index in [0.717, 1.165) is 5.56 Å². The largest absolute Gasteiger partial charge is 0.494 e. The number of rotatable bonds is 9. The summed E-state index contributed by atoms with van der Waals surface area (Å²) in [6.07, 6.45) is 0.564. The molecular formula is C23H25ClN2O4. The molecule has 2 amide bonds. The zero-order chi connectivity index (χ0) is 21.7. The number of nitrogens with zero attached hydrogens (tertiary/aromatic N) is 1. The van der Waals surface area contributed by atoms with E-state index >= 15 is 0 Å². The molecule has 158 valence electrons. The van der Waals surface area contributed by atoms with Crippen molar-refractivity contribution in [1.29, 1.82) is 0 Å². The number of methoxy groups -OCH3 is 1. The molecule has 3 rings (SSSR count). The minimum absolute atomic E-state index is 0.243. The van der Waals surface area contributed by atoms with Crippen LogP contribution in [0.4, 0.5) is 5.69 Å². The van der Waals surface area contributed by atoms with Gasteiger partial charge in [-0.3, -0.25) is 14.5 Å². The molecule has 0 bridgehead atoms. The number of carbonyl (C=O) groups is 2. The molecule has 0 fully saturated rings. The lowest BCUT2D eigenvalue weighted by Crippen LogP contribution is -2.34. The van der Waals surface area contributed by atoms with Crippen LogP contribution in [0.15, 0.2) is 48.2 Å². The van der Waals surface area contributed by atoms with Crippen molar-refractivity contribution in [3.63, 3.8) is 0 Å². The van der Waals surface area contributed by atoms with Gasteiger partial charge >= 0.3 is 0 Å². The van der Waals surface area contributed by atoms with Crippen molar-refractivity contribution in [1.82, 2.24) is 4.90 Å². The number of imide groups is 1. The number of ether oxygens (including phenoxy) is 2. The van der Waals surface area contributed by atoms with Gasteiger partial charge in [0.1, 0.15) is 11.4 Å². The average Bonchev–Trinajstić information content (AvgIpc) is 2.96. The van der Waals surface area contributed by atoms with Crippen molar-refractivity contribution < 1.29 is 19.1 Å². The highest BCUT2D eigenvalue weighted by molar-refractivity contribution is 6.36. The van der Waals surface area contributed by atoms with Crippen molar-refractivity contribution in [3.05, 3.63) is 64.3 Å². The van der Waals surface area contributed by atoms with E-state index in [-0.39, 0.29) is 24.1 Å². The van der Waals surface area contributed by atoms with E-state index in [1.807, 2.05) is 19.9 Å². The molecule has 0 spiro atoms. The molecule has 0 aromatic heterocycles. The van der Waals surface area contributed by atoms with Gasteiger partial charge < -0.3 is 14.8 Å². The van der Waals surface area contributed by atoms with E-state index in [9.17, 15) is 9.59 Å². The van der Waals surface area contributed by atoms with Gasteiger partial charge in [-0.15, -0.1) is 0 Å². The third-order valence-electron chi connectivity index (χ3n) is 4.81. The van der Waals surface area contributed by atoms with Gasteiger partial charge in [0.05, 0.1) is 12.2 Å². The van der Waals surface area contributed by atoms with E-state index in [2.05, 4.69) is 5.32 Å². The van der Waals surface area contributed by atoms with Crippen LogP contribution in [-0.4, -0.2) is 43.6 Å². The maximum atomic E-state index is 13.2. The van der Waals surface area contributed by atoms with Gasteiger partial charge in [0.25, 0.3) is 11.8 Å². The molecular weight excluding hydrogens is 404 g/mol. The molecule has 0 atom stereocenters. The number of halogens is 1. The fourth-order valence-electron chi connectivity index (χ4n) is 3.28. The highest BCUT2D eigenvalue weighted by Crippen LogP contribution is 2.33. The van der Waals surface area contributed by atoms with Crippen LogP contribution in [0.5, 0.6) is 5.75 Å². The number of carbonyl (C=O) groups excluding carboxylic acids is 2. The maximum Gasteiger partial charge on any atom is 0.278 e. The second-order valence-corrected chi connectivity index (χ2v) is 7.34. The number of benzene rings is 2. The fraction of sp³-hybridized carbons (Fsp3) is 0.304. The van der Waals surface area contributed by atoms with Crippen LogP contribution in [0.25, 0.3) is 5.57 Å². The summed E-state index contributed by atoms with van der Waals surface area (Å²) >= 11 is 6.13. The number of amides is 2. The first kappa shape index (κ1) is 21.9. The first-order valence-electron chi connectivity index (χ1n) is 9.82. The molecule has 0 aliphatic carbocycles. The minimum Gasteiger partial charge on any atom is -0.494 e. The lowest BCUT2D eigenvalue weighted by atomic mass is 10.0. The Balaban J connectivity index is 2.01. The van der Waals surface area contributed by atoms with Gasteiger partial charge in [0.2, 0.25) is 0 Å². The smallest absolute Gasteiger partial charge is 0.278 e. The van der Waals surface area contributed by atoms with Crippen LogP contribution in [0.2, 0.25) is 5.02 Å². The highest BCUT2D eigenvalue weighted by Gasteiger charge is 2.39. The number of hydrogen-bond acceptors (Lipinski definition) is 5. The summed E-state index contributed by atoms with van der Waals surface area (Å²) in [5.41, 5.74) is 2.82. The van der Waals surface area contributed by atoms with Crippen molar-refractivity contribution in [2.75, 3.05) is 32.2 Å². The summed E-state index contributed by atoms with van der Waals surface area (Å²) in [7, 11) is 1.59. The molecule has 30 heavy (non-hydrogen) atoms. The van der Waals surface area contributed by atoms with Gasteiger partial charge in [-0.2, -0.15) is 0 Å². The number of hydrogen-bond donors (Lipinski definition) is 1. The zero-order valence-corrected chi connectivity index (χ0v) is 18.1. The molecule has 1 aliphatic heterocycles. The minimum atomic E-state index is -0.362. The highest BCUT2D eigenvalue weighted by atomic mass is 35.5. The fourth-order valence-corrected chi connectivity index (χ4v) is 3.45. The summed E-state index contributed by atoms with van der Waals surface area (Å²) in [6.45, 7) is 5.11. The van der Waals surface area contributed by atoms with E-state index in [1.165, 1.54) is 4.90 Å². The Labute approximate surface area is 181 Å². The molecule has 7 heteroatoms. The molecule has 0 saturated heterocycles. The SMILES string of the molecule is CCOc1ccc(C2=C(Nc3cc(Cl)ccc3C)C(=O)N(CCCOC)C2=O)cc1. The average molecular weight is 429 g/mol. The summed E-state index contributed by atoms with van der Waals surface area (Å²) < 4.78 is 10.6. The molecule has 0 saturated carbocycles. The monoisotopic (exact) mass is 428 g/mol. The molecule has 1 heterocycles. The van der Waals surface area contributed by atoms with Crippen LogP contribution in [0.3, 0.4) is 0 Å². The van der Waals surface area contributed by atoms with Crippen molar-refractivity contribution in [3.8, 4) is 5.75 Å². The van der Waals surface area contributed by atoms with Crippen molar-refractivity contribution in [2.24, 2.45) is 0 Å². The molecule has 2 aromatic carbocycles. The zero-order valence-electron chi connectivity index (χ0n) is 17.3. The molecule has 0 radical (unpaired) electrons. The first-order chi connectivity index (χ1) is 14.5. The van der Waals surface area contributed by atoms with Crippen LogP contribution in [0, 0.1) is 6.92 Å². The van der Waals surface area contributed by atoms with Crippen LogP contribution in [-0.2, 0) is 14.3 Å². The van der Waals surface area contributed by atoms with Crippen LogP contribution < -0.4 is 10.1 Å². The van der Waals surface area contributed by atoms with E-state index in [0.29, 0.717) is 47.2 Å². The number of anilines is 1. The topological polar surface area (TPSA) is 67.9 Å². The summed E-state index contributed by atoms with van der Waals surface area (Å²) in [5.74, 6) is 0.0116. The third kappa shape index (κ3) is 4.66. The Morgan fingerprint density at radius 3 is 2.47 bits per heavy atom. The normalized spacial score (nSPS) is 13.9. The van der Waals surface area contributed by atoms with Crippen molar-refractivity contribution in [2.45, 2.75) is 20.3 Å². The maximum absolute atomic E-state index is 13.2. The predicted molar refractivity (Wildman–Crippen MR) is 118 cm³/mol. The van der Waals surface area contributed by atoms with Gasteiger partial charge in [0.15, 0.2) is 0 Å². The van der Waals surface area contributed by atoms with Crippen LogP contribution >= 0.6 is 11.6 Å². The Morgan fingerprint density at radius 1 is 1.07 bits per heavy atom.